The average molecular weight is 752 g/mol. The van der Waals surface area contributed by atoms with E-state index in [1.165, 1.54) is 0 Å². The molecule has 2 amide bonds. The summed E-state index contributed by atoms with van der Waals surface area (Å²) in [6, 6.07) is 7.79. The minimum Gasteiger partial charge on any atom is -0.339 e. The van der Waals surface area contributed by atoms with Crippen molar-refractivity contribution in [3.63, 3.8) is 0 Å². The highest BCUT2D eigenvalue weighted by atomic mass is 35.5. The van der Waals surface area contributed by atoms with Crippen LogP contribution in [0.3, 0.4) is 0 Å². The number of pyridine rings is 1. The van der Waals surface area contributed by atoms with Crippen molar-refractivity contribution in [1.29, 1.82) is 0 Å². The zero-order valence-corrected chi connectivity index (χ0v) is 27.7. The number of amides is 2. The molecule has 6 bridgehead atoms. The van der Waals surface area contributed by atoms with Gasteiger partial charge in [0.05, 0.1) is 29.8 Å². The highest BCUT2D eigenvalue weighted by Crippen LogP contribution is 2.30. The Kier molecular flexibility index (Phi) is 11.1. The summed E-state index contributed by atoms with van der Waals surface area (Å²) in [4.78, 5) is 60.1. The first-order valence-corrected chi connectivity index (χ1v) is 15.8. The summed E-state index contributed by atoms with van der Waals surface area (Å²) in [6.07, 6.45) is -0.625. The number of nitrogens with zero attached hydrogens (tertiary/aromatic N) is 6. The number of aryl methyl sites for hydroxylation is 3. The van der Waals surface area contributed by atoms with Crippen molar-refractivity contribution in [2.45, 2.75) is 38.0 Å². The Morgan fingerprint density at radius 1 is 0.942 bits per heavy atom. The number of aromatic nitrogens is 5. The van der Waals surface area contributed by atoms with Crippen LogP contribution in [0.25, 0.3) is 0 Å². The topological polar surface area (TPSA) is 164 Å². The summed E-state index contributed by atoms with van der Waals surface area (Å²) in [5.74, 6) is -5.96. The summed E-state index contributed by atoms with van der Waals surface area (Å²) < 4.78 is 68.6. The maximum Gasteiger partial charge on any atom is 0.458 e. The normalized spacial score (nSPS) is 15.4. The van der Waals surface area contributed by atoms with E-state index in [2.05, 4.69) is 36.0 Å². The number of likely N-dealkylation sites (tertiary alicyclic amines) is 1. The van der Waals surface area contributed by atoms with Crippen LogP contribution in [0.15, 0.2) is 55.2 Å². The van der Waals surface area contributed by atoms with E-state index < -0.39 is 23.9 Å². The second-order valence-corrected chi connectivity index (χ2v) is 12.2. The van der Waals surface area contributed by atoms with Gasteiger partial charge in [-0.15, -0.1) is 0 Å². The van der Waals surface area contributed by atoms with Gasteiger partial charge in [0.2, 0.25) is 11.9 Å². The third kappa shape index (κ3) is 9.59. The molecule has 2 aliphatic rings. The molecule has 52 heavy (non-hydrogen) atoms. The van der Waals surface area contributed by atoms with Gasteiger partial charge in [-0.3, -0.25) is 28.8 Å². The molecule has 2 aliphatic heterocycles. The van der Waals surface area contributed by atoms with Gasteiger partial charge in [0.25, 0.3) is 5.91 Å². The number of carbonyl (C=O) groups is 4. The van der Waals surface area contributed by atoms with E-state index in [1.54, 1.807) is 41.4 Å². The number of nitrogens with one attached hydrogen (secondary N) is 3. The Morgan fingerprint density at radius 3 is 2.35 bits per heavy atom. The fourth-order valence-electron chi connectivity index (χ4n) is 5.37. The van der Waals surface area contributed by atoms with Crippen LogP contribution in [-0.2, 0) is 34.3 Å². The molecule has 1 fully saturated rings. The van der Waals surface area contributed by atoms with Crippen LogP contribution < -0.4 is 16.0 Å². The minimum absolute atomic E-state index is 0.0463. The fourth-order valence-corrected chi connectivity index (χ4v) is 5.51. The summed E-state index contributed by atoms with van der Waals surface area (Å²) >= 11 is 6.37. The lowest BCUT2D eigenvalue weighted by Gasteiger charge is -2.17. The van der Waals surface area contributed by atoms with E-state index in [0.29, 0.717) is 48.3 Å². The van der Waals surface area contributed by atoms with Crippen molar-refractivity contribution in [3.8, 4) is 0 Å². The summed E-state index contributed by atoms with van der Waals surface area (Å²) in [6.45, 7) is 1.18. The molecule has 3 aromatic heterocycles. The monoisotopic (exact) mass is 751 g/mol. The molecule has 0 saturated carbocycles. The standard InChI is InChI=1S/C28H28ClN9O2.C4F6O2/c1-37-16-20(12-32-37)27(40)38-7-6-18(15-38)9-25(39)35-24-5-4-21-10-19(24)3-2-17-8-22(13-30-11-17)34-28-31-14-23(29)26(33-21)36-28;5-3(6,7)1(11)2(12)4(8,9)10/h4-5,8,10-14,16,18H,2-3,6-7,9,15H2,1H3,(H,35,39)(H2,31,33,34,36);/t18-;/m1./s1. The average Bonchev–Trinajstić information content (AvgIpc) is 3.73. The van der Waals surface area contributed by atoms with Crippen LogP contribution >= 0.6 is 11.6 Å². The first kappa shape index (κ1) is 37.7. The number of carbonyl (C=O) groups excluding carboxylic acids is 4. The van der Waals surface area contributed by atoms with Gasteiger partial charge in [0.1, 0.15) is 5.02 Å². The second kappa shape index (κ2) is 15.3. The molecule has 1 atom stereocenters. The minimum atomic E-state index is -5.77. The highest BCUT2D eigenvalue weighted by molar-refractivity contribution is 6.41. The summed E-state index contributed by atoms with van der Waals surface area (Å²) in [5, 5.41) is 14.0. The van der Waals surface area contributed by atoms with Gasteiger partial charge >= 0.3 is 23.9 Å². The Hall–Kier alpha value is -5.59. The van der Waals surface area contributed by atoms with Crippen LogP contribution in [0.4, 0.5) is 55.2 Å². The highest BCUT2D eigenvalue weighted by Gasteiger charge is 2.54. The first-order chi connectivity index (χ1) is 24.5. The number of ketones is 2. The number of halogens is 7. The first-order valence-electron chi connectivity index (χ1n) is 15.4. The summed E-state index contributed by atoms with van der Waals surface area (Å²) in [7, 11) is 1.78. The van der Waals surface area contributed by atoms with E-state index in [1.807, 2.05) is 30.5 Å². The lowest BCUT2D eigenvalue weighted by molar-refractivity contribution is -0.193. The lowest BCUT2D eigenvalue weighted by Crippen LogP contribution is -2.39. The molecule has 13 nitrogen and oxygen atoms in total. The van der Waals surface area contributed by atoms with Crippen molar-refractivity contribution >= 4 is 63.8 Å². The van der Waals surface area contributed by atoms with Gasteiger partial charge in [-0.25, -0.2) is 4.98 Å². The number of hydrogen-bond acceptors (Lipinski definition) is 10. The second-order valence-electron chi connectivity index (χ2n) is 11.8. The zero-order valence-electron chi connectivity index (χ0n) is 27.0. The van der Waals surface area contributed by atoms with E-state index in [-0.39, 0.29) is 17.7 Å². The molecule has 4 aromatic rings. The maximum atomic E-state index is 13.1. The summed E-state index contributed by atoms with van der Waals surface area (Å²) in [5.41, 5.74) is 4.90. The van der Waals surface area contributed by atoms with Gasteiger partial charge < -0.3 is 20.9 Å². The van der Waals surface area contributed by atoms with Gasteiger partial charge in [-0.1, -0.05) is 11.6 Å². The number of fused-ring (bicyclic) bond motifs is 6. The smallest absolute Gasteiger partial charge is 0.339 e. The van der Waals surface area contributed by atoms with E-state index in [0.717, 1.165) is 41.0 Å². The van der Waals surface area contributed by atoms with Crippen molar-refractivity contribution < 1.29 is 45.5 Å². The Morgan fingerprint density at radius 2 is 1.67 bits per heavy atom. The van der Waals surface area contributed by atoms with Crippen molar-refractivity contribution in [2.75, 3.05) is 29.0 Å². The van der Waals surface area contributed by atoms with Gasteiger partial charge in [-0.05, 0) is 60.6 Å². The molecule has 0 spiro atoms. The number of alkyl halides is 6. The largest absolute Gasteiger partial charge is 0.458 e. The maximum absolute atomic E-state index is 13.1. The Balaban J connectivity index is 0.000000376. The van der Waals surface area contributed by atoms with E-state index >= 15 is 0 Å². The number of rotatable bonds is 5. The Bertz CT molecular complexity index is 1980. The van der Waals surface area contributed by atoms with Crippen LogP contribution in [0.5, 0.6) is 0 Å². The molecule has 6 rings (SSSR count). The van der Waals surface area contributed by atoms with Crippen LogP contribution in [0.1, 0.15) is 34.3 Å². The van der Waals surface area contributed by atoms with Gasteiger partial charge in [0.15, 0.2) is 5.82 Å². The molecule has 0 aliphatic carbocycles. The van der Waals surface area contributed by atoms with Crippen LogP contribution in [0, 0.1) is 5.92 Å². The van der Waals surface area contributed by atoms with E-state index in [9.17, 15) is 45.5 Å². The molecule has 274 valence electrons. The predicted octanol–water partition coefficient (Wildman–Crippen LogP) is 5.58. The van der Waals surface area contributed by atoms with Crippen LogP contribution in [-0.4, -0.2) is 78.5 Å². The molecular formula is C32H28ClF6N9O4. The number of Topliss-reactive ketones (excluding diaryl/α,β-unsaturated/α-hetero) is 2. The quantitative estimate of drug-likeness (QED) is 0.173. The molecule has 1 saturated heterocycles. The fraction of sp³-hybridized carbons (Fsp3) is 0.312. The van der Waals surface area contributed by atoms with E-state index in [4.69, 9.17) is 11.6 Å². The number of benzene rings is 1. The third-order valence-electron chi connectivity index (χ3n) is 7.84. The van der Waals surface area contributed by atoms with Crippen molar-refractivity contribution in [2.24, 2.45) is 13.0 Å². The molecule has 0 radical (unpaired) electrons. The molecule has 3 N–H and O–H groups in total. The molecule has 0 unspecified atom stereocenters. The van der Waals surface area contributed by atoms with Crippen molar-refractivity contribution in [1.82, 2.24) is 29.6 Å². The van der Waals surface area contributed by atoms with Gasteiger partial charge in [0, 0.05) is 50.3 Å². The number of hydrogen-bond donors (Lipinski definition) is 3. The molecule has 20 heteroatoms. The predicted molar refractivity (Wildman–Crippen MR) is 174 cm³/mol. The Labute approximate surface area is 295 Å². The lowest BCUT2D eigenvalue weighted by atomic mass is 10.0. The molecule has 5 heterocycles. The zero-order chi connectivity index (χ0) is 37.8. The van der Waals surface area contributed by atoms with Crippen LogP contribution in [0.2, 0.25) is 5.02 Å². The molecular weight excluding hydrogens is 724 g/mol. The SMILES string of the molecule is Cn1cc(C(=O)N2CC[C@H](CC(=O)Nc3ccc4cc3CCc3cncc(c3)Nc3ncc(Cl)c(n3)N4)C2)cn1.O=C(C(=O)C(F)(F)F)C(F)(F)F. The third-order valence-corrected chi connectivity index (χ3v) is 8.12. The molecule has 1 aromatic carbocycles. The van der Waals surface area contributed by atoms with Gasteiger partial charge in [-0.2, -0.15) is 36.4 Å². The number of anilines is 5. The van der Waals surface area contributed by atoms with Crippen molar-refractivity contribution in [3.05, 3.63) is 77.0 Å².